The van der Waals surface area contributed by atoms with Crippen molar-refractivity contribution in [3.05, 3.63) is 34.3 Å². The number of aryl methyl sites for hydroxylation is 1. The van der Waals surface area contributed by atoms with Crippen molar-refractivity contribution in [1.82, 2.24) is 4.98 Å². The van der Waals surface area contributed by atoms with Gasteiger partial charge in [-0.05, 0) is 37.1 Å². The quantitative estimate of drug-likeness (QED) is 0.801. The van der Waals surface area contributed by atoms with E-state index in [0.717, 1.165) is 16.7 Å². The SMILES string of the molecule is Cc1cc(N)c(C)c(-c2nc(C(=O)O)cs2)c1. The number of hydrogen-bond donors (Lipinski definition) is 2. The average Bonchev–Trinajstić information content (AvgIpc) is 2.72. The smallest absolute Gasteiger partial charge is 0.355 e. The Morgan fingerprint density at radius 2 is 2.12 bits per heavy atom. The third-order valence-corrected chi connectivity index (χ3v) is 3.42. The summed E-state index contributed by atoms with van der Waals surface area (Å²) in [6.07, 6.45) is 0. The zero-order valence-corrected chi connectivity index (χ0v) is 10.3. The van der Waals surface area contributed by atoms with E-state index in [9.17, 15) is 4.79 Å². The fraction of sp³-hybridized carbons (Fsp3) is 0.167. The van der Waals surface area contributed by atoms with Crippen molar-refractivity contribution in [2.24, 2.45) is 0 Å². The Morgan fingerprint density at radius 1 is 1.41 bits per heavy atom. The van der Waals surface area contributed by atoms with Gasteiger partial charge in [0.15, 0.2) is 5.69 Å². The second-order valence-electron chi connectivity index (χ2n) is 3.87. The Labute approximate surface area is 103 Å². The predicted octanol–water partition coefficient (Wildman–Crippen LogP) is 2.71. The molecule has 1 heterocycles. The molecule has 0 amide bonds. The van der Waals surface area contributed by atoms with Crippen LogP contribution in [0.25, 0.3) is 10.6 Å². The van der Waals surface area contributed by atoms with Crippen LogP contribution in [0.2, 0.25) is 0 Å². The van der Waals surface area contributed by atoms with E-state index in [1.807, 2.05) is 26.0 Å². The van der Waals surface area contributed by atoms with Crippen LogP contribution in [0.1, 0.15) is 21.6 Å². The monoisotopic (exact) mass is 248 g/mol. The average molecular weight is 248 g/mol. The first-order valence-corrected chi connectivity index (χ1v) is 5.93. The molecule has 3 N–H and O–H groups in total. The standard InChI is InChI=1S/C12H12N2O2S/c1-6-3-8(7(2)9(13)4-6)11-14-10(5-17-11)12(15)16/h3-5H,13H2,1-2H3,(H,15,16). The number of nitrogens with two attached hydrogens (primary N) is 1. The van der Waals surface area contributed by atoms with Gasteiger partial charge in [0, 0.05) is 16.6 Å². The van der Waals surface area contributed by atoms with E-state index >= 15 is 0 Å². The normalized spacial score (nSPS) is 10.5. The van der Waals surface area contributed by atoms with Crippen LogP contribution in [0.5, 0.6) is 0 Å². The Morgan fingerprint density at radius 3 is 2.71 bits per heavy atom. The fourth-order valence-electron chi connectivity index (χ4n) is 1.60. The minimum Gasteiger partial charge on any atom is -0.476 e. The van der Waals surface area contributed by atoms with E-state index in [4.69, 9.17) is 10.8 Å². The summed E-state index contributed by atoms with van der Waals surface area (Å²) in [5, 5.41) is 11.1. The lowest BCUT2D eigenvalue weighted by Crippen LogP contribution is -1.97. The molecule has 0 aliphatic rings. The summed E-state index contributed by atoms with van der Waals surface area (Å²) >= 11 is 1.32. The zero-order chi connectivity index (χ0) is 12.6. The number of carboxylic acid groups (broad SMARTS) is 1. The van der Waals surface area contributed by atoms with Gasteiger partial charge in [-0.3, -0.25) is 0 Å². The van der Waals surface area contributed by atoms with Gasteiger partial charge in [0.2, 0.25) is 0 Å². The number of aromatic nitrogens is 1. The second-order valence-corrected chi connectivity index (χ2v) is 4.73. The van der Waals surface area contributed by atoms with Crippen molar-refractivity contribution in [3.63, 3.8) is 0 Å². The number of anilines is 1. The Hall–Kier alpha value is -1.88. The summed E-state index contributed by atoms with van der Waals surface area (Å²) in [7, 11) is 0. The lowest BCUT2D eigenvalue weighted by Gasteiger charge is -2.07. The summed E-state index contributed by atoms with van der Waals surface area (Å²) in [5.41, 5.74) is 9.53. The number of hydrogen-bond acceptors (Lipinski definition) is 4. The van der Waals surface area contributed by atoms with E-state index in [-0.39, 0.29) is 5.69 Å². The molecule has 1 aromatic heterocycles. The molecular weight excluding hydrogens is 236 g/mol. The number of nitrogens with zero attached hydrogens (tertiary/aromatic N) is 1. The first-order chi connectivity index (χ1) is 7.99. The van der Waals surface area contributed by atoms with Crippen LogP contribution < -0.4 is 5.73 Å². The highest BCUT2D eigenvalue weighted by Gasteiger charge is 2.13. The van der Waals surface area contributed by atoms with Gasteiger partial charge < -0.3 is 10.8 Å². The molecule has 2 aromatic rings. The van der Waals surface area contributed by atoms with E-state index in [2.05, 4.69) is 4.98 Å². The number of benzene rings is 1. The molecule has 0 unspecified atom stereocenters. The van der Waals surface area contributed by atoms with Crippen LogP contribution in [0.15, 0.2) is 17.5 Å². The third-order valence-electron chi connectivity index (χ3n) is 2.55. The van der Waals surface area contributed by atoms with Crippen molar-refractivity contribution >= 4 is 23.0 Å². The number of rotatable bonds is 2. The molecule has 4 nitrogen and oxygen atoms in total. The summed E-state index contributed by atoms with van der Waals surface area (Å²) in [4.78, 5) is 14.9. The molecule has 1 aromatic carbocycles. The number of carboxylic acids is 1. The molecule has 0 aliphatic carbocycles. The number of nitrogen functional groups attached to an aromatic ring is 1. The van der Waals surface area contributed by atoms with Crippen LogP contribution in [0.3, 0.4) is 0 Å². The topological polar surface area (TPSA) is 76.2 Å². The van der Waals surface area contributed by atoms with Gasteiger partial charge in [0.25, 0.3) is 0 Å². The van der Waals surface area contributed by atoms with E-state index < -0.39 is 5.97 Å². The molecule has 5 heteroatoms. The summed E-state index contributed by atoms with van der Waals surface area (Å²) in [5.74, 6) is -1.01. The summed E-state index contributed by atoms with van der Waals surface area (Å²) in [6, 6.07) is 3.86. The fourth-order valence-corrected chi connectivity index (χ4v) is 2.47. The first-order valence-electron chi connectivity index (χ1n) is 5.05. The lowest BCUT2D eigenvalue weighted by molar-refractivity contribution is 0.0691. The maximum absolute atomic E-state index is 10.8. The molecule has 0 aliphatic heterocycles. The predicted molar refractivity (Wildman–Crippen MR) is 68.4 cm³/mol. The van der Waals surface area contributed by atoms with E-state index in [1.54, 1.807) is 0 Å². The highest BCUT2D eigenvalue weighted by atomic mass is 32.1. The zero-order valence-electron chi connectivity index (χ0n) is 9.52. The largest absolute Gasteiger partial charge is 0.476 e. The number of aromatic carboxylic acids is 1. The van der Waals surface area contributed by atoms with Crippen molar-refractivity contribution in [2.45, 2.75) is 13.8 Å². The van der Waals surface area contributed by atoms with Crippen molar-refractivity contribution in [3.8, 4) is 10.6 Å². The van der Waals surface area contributed by atoms with E-state index in [0.29, 0.717) is 10.7 Å². The Balaban J connectivity index is 2.56. The highest BCUT2D eigenvalue weighted by Crippen LogP contribution is 2.30. The minimum atomic E-state index is -1.01. The van der Waals surface area contributed by atoms with Gasteiger partial charge in [0.1, 0.15) is 5.01 Å². The maximum Gasteiger partial charge on any atom is 0.355 e. The van der Waals surface area contributed by atoms with Gasteiger partial charge in [-0.25, -0.2) is 9.78 Å². The molecular formula is C12H12N2O2S. The molecule has 0 radical (unpaired) electrons. The van der Waals surface area contributed by atoms with E-state index in [1.165, 1.54) is 16.7 Å². The molecule has 2 rings (SSSR count). The summed E-state index contributed by atoms with van der Waals surface area (Å²) in [6.45, 7) is 3.86. The van der Waals surface area contributed by atoms with Gasteiger partial charge in [-0.1, -0.05) is 0 Å². The van der Waals surface area contributed by atoms with Crippen LogP contribution in [0.4, 0.5) is 5.69 Å². The molecule has 88 valence electrons. The van der Waals surface area contributed by atoms with Crippen LogP contribution in [0, 0.1) is 13.8 Å². The minimum absolute atomic E-state index is 0.0736. The maximum atomic E-state index is 10.8. The van der Waals surface area contributed by atoms with Gasteiger partial charge in [-0.2, -0.15) is 0 Å². The molecule has 0 fully saturated rings. The molecule has 0 atom stereocenters. The van der Waals surface area contributed by atoms with Crippen molar-refractivity contribution in [1.29, 1.82) is 0 Å². The van der Waals surface area contributed by atoms with Crippen LogP contribution in [-0.2, 0) is 0 Å². The molecule has 0 saturated heterocycles. The van der Waals surface area contributed by atoms with Crippen LogP contribution in [-0.4, -0.2) is 16.1 Å². The van der Waals surface area contributed by atoms with Crippen LogP contribution >= 0.6 is 11.3 Å². The Kier molecular flexibility index (Phi) is 2.85. The third kappa shape index (κ3) is 2.14. The molecule has 0 bridgehead atoms. The molecule has 0 saturated carbocycles. The first kappa shape index (κ1) is 11.6. The van der Waals surface area contributed by atoms with Crippen molar-refractivity contribution < 1.29 is 9.90 Å². The van der Waals surface area contributed by atoms with Gasteiger partial charge >= 0.3 is 5.97 Å². The molecule has 0 spiro atoms. The van der Waals surface area contributed by atoms with Crippen molar-refractivity contribution in [2.75, 3.05) is 5.73 Å². The number of thiazole rings is 1. The number of carbonyl (C=O) groups is 1. The Bertz CT molecular complexity index is 590. The van der Waals surface area contributed by atoms with Gasteiger partial charge in [0.05, 0.1) is 0 Å². The highest BCUT2D eigenvalue weighted by molar-refractivity contribution is 7.13. The summed E-state index contributed by atoms with van der Waals surface area (Å²) < 4.78 is 0. The second kappa shape index (κ2) is 4.18. The van der Waals surface area contributed by atoms with Gasteiger partial charge in [-0.15, -0.1) is 11.3 Å². The molecule has 17 heavy (non-hydrogen) atoms. The lowest BCUT2D eigenvalue weighted by atomic mass is 10.0.